The van der Waals surface area contributed by atoms with Crippen molar-refractivity contribution in [3.63, 3.8) is 0 Å². The van der Waals surface area contributed by atoms with Gasteiger partial charge in [0.2, 0.25) is 0 Å². The Bertz CT molecular complexity index is 1190. The van der Waals surface area contributed by atoms with Crippen LogP contribution in [0.25, 0.3) is 6.08 Å². The molecule has 1 N–H and O–H groups in total. The highest BCUT2D eigenvalue weighted by Crippen LogP contribution is 2.27. The van der Waals surface area contributed by atoms with Gasteiger partial charge in [-0.25, -0.2) is 0 Å². The van der Waals surface area contributed by atoms with Gasteiger partial charge in [-0.2, -0.15) is 5.26 Å². The Hall–Kier alpha value is -3.76. The summed E-state index contributed by atoms with van der Waals surface area (Å²) >= 11 is 6.30. The van der Waals surface area contributed by atoms with Gasteiger partial charge in [0.05, 0.1) is 5.02 Å². The predicted octanol–water partition coefficient (Wildman–Crippen LogP) is 5.26. The van der Waals surface area contributed by atoms with Crippen LogP contribution in [0, 0.1) is 32.1 Å². The summed E-state index contributed by atoms with van der Waals surface area (Å²) in [6, 6.07) is 14.3. The molecule has 2 aromatic carbocycles. The van der Waals surface area contributed by atoms with Gasteiger partial charge in [-0.3, -0.25) is 4.79 Å². The number of hydrogen-bond donors (Lipinski definition) is 1. The lowest BCUT2D eigenvalue weighted by Crippen LogP contribution is -2.13. The van der Waals surface area contributed by atoms with Gasteiger partial charge in [0.15, 0.2) is 5.82 Å². The Morgan fingerprint density at radius 3 is 2.56 bits per heavy atom. The van der Waals surface area contributed by atoms with Gasteiger partial charge < -0.3 is 19.3 Å². The van der Waals surface area contributed by atoms with Gasteiger partial charge in [0.1, 0.15) is 42.1 Å². The second kappa shape index (κ2) is 10.5. The van der Waals surface area contributed by atoms with E-state index in [1.165, 1.54) is 11.6 Å². The number of amides is 1. The van der Waals surface area contributed by atoms with Crippen molar-refractivity contribution in [2.45, 2.75) is 20.8 Å². The van der Waals surface area contributed by atoms with Gasteiger partial charge in [-0.15, -0.1) is 0 Å². The third-order valence-corrected chi connectivity index (χ3v) is 4.88. The quantitative estimate of drug-likeness (QED) is 0.285. The van der Waals surface area contributed by atoms with Crippen LogP contribution < -0.4 is 14.8 Å². The first-order chi connectivity index (χ1) is 15.4. The molecule has 0 saturated heterocycles. The van der Waals surface area contributed by atoms with Crippen LogP contribution in [-0.4, -0.2) is 24.3 Å². The van der Waals surface area contributed by atoms with Crippen LogP contribution in [0.1, 0.15) is 22.5 Å². The van der Waals surface area contributed by atoms with E-state index in [0.29, 0.717) is 35.3 Å². The van der Waals surface area contributed by atoms with E-state index in [-0.39, 0.29) is 11.4 Å². The molecule has 7 nitrogen and oxygen atoms in total. The number of benzene rings is 2. The zero-order valence-electron chi connectivity index (χ0n) is 17.9. The first-order valence-corrected chi connectivity index (χ1v) is 10.2. The normalized spacial score (nSPS) is 11.0. The van der Waals surface area contributed by atoms with Gasteiger partial charge in [0, 0.05) is 6.07 Å². The molecule has 0 fully saturated rings. The molecule has 0 atom stereocenters. The van der Waals surface area contributed by atoms with E-state index < -0.39 is 5.91 Å². The number of nitrogens with one attached hydrogen (secondary N) is 1. The lowest BCUT2D eigenvalue weighted by molar-refractivity contribution is -0.112. The summed E-state index contributed by atoms with van der Waals surface area (Å²) in [6.45, 7) is 6.45. The lowest BCUT2D eigenvalue weighted by atomic mass is 10.1. The maximum absolute atomic E-state index is 12.3. The third kappa shape index (κ3) is 6.13. The van der Waals surface area contributed by atoms with Crippen LogP contribution in [0.15, 0.2) is 52.6 Å². The molecule has 0 aliphatic carbocycles. The first kappa shape index (κ1) is 22.9. The van der Waals surface area contributed by atoms with Crippen molar-refractivity contribution in [1.29, 1.82) is 5.26 Å². The molecule has 1 aromatic heterocycles. The van der Waals surface area contributed by atoms with Crippen LogP contribution in [0.5, 0.6) is 11.5 Å². The van der Waals surface area contributed by atoms with E-state index >= 15 is 0 Å². The fourth-order valence-electron chi connectivity index (χ4n) is 2.76. The zero-order valence-corrected chi connectivity index (χ0v) is 18.7. The average molecular weight is 452 g/mol. The van der Waals surface area contributed by atoms with Crippen LogP contribution in [0.2, 0.25) is 5.02 Å². The molecule has 0 aliphatic rings. The number of aromatic nitrogens is 1. The number of rotatable bonds is 8. The van der Waals surface area contributed by atoms with Gasteiger partial charge in [0.25, 0.3) is 5.91 Å². The number of aryl methyl sites for hydroxylation is 3. The van der Waals surface area contributed by atoms with E-state index in [2.05, 4.69) is 10.5 Å². The Kier molecular flexibility index (Phi) is 7.53. The summed E-state index contributed by atoms with van der Waals surface area (Å²) < 4.78 is 16.3. The highest BCUT2D eigenvalue weighted by Gasteiger charge is 2.12. The number of carbonyl (C=O) groups is 1. The van der Waals surface area contributed by atoms with Crippen molar-refractivity contribution in [2.75, 3.05) is 18.5 Å². The maximum atomic E-state index is 12.3. The molecule has 3 rings (SSSR count). The molecular weight excluding hydrogens is 430 g/mol. The number of anilines is 1. The summed E-state index contributed by atoms with van der Waals surface area (Å²) in [5, 5.41) is 15.9. The standard InChI is InChI=1S/C24H22ClN3O4/c1-15-4-6-20(10-16(15)2)30-8-9-31-22-7-5-18(13-21(22)25)12-19(14-26)24(29)27-23-11-17(3)32-28-23/h4-7,10-13H,8-9H2,1-3H3,(H,27,28,29). The fraction of sp³-hybridized carbons (Fsp3) is 0.208. The molecule has 0 unspecified atom stereocenters. The largest absolute Gasteiger partial charge is 0.490 e. The first-order valence-electron chi connectivity index (χ1n) is 9.84. The minimum absolute atomic E-state index is 0.0998. The summed E-state index contributed by atoms with van der Waals surface area (Å²) in [7, 11) is 0. The van der Waals surface area contributed by atoms with E-state index in [1.54, 1.807) is 31.2 Å². The molecule has 0 bridgehead atoms. The summed E-state index contributed by atoms with van der Waals surface area (Å²) in [6.07, 6.45) is 1.43. The highest BCUT2D eigenvalue weighted by molar-refractivity contribution is 6.32. The smallest absolute Gasteiger partial charge is 0.267 e. The lowest BCUT2D eigenvalue weighted by Gasteiger charge is -2.11. The van der Waals surface area contributed by atoms with Gasteiger partial charge in [-0.1, -0.05) is 28.9 Å². The van der Waals surface area contributed by atoms with E-state index in [4.69, 9.17) is 25.6 Å². The molecule has 0 radical (unpaired) electrons. The molecule has 0 spiro atoms. The van der Waals surface area contributed by atoms with Crippen molar-refractivity contribution < 1.29 is 18.8 Å². The van der Waals surface area contributed by atoms with Gasteiger partial charge in [-0.05, 0) is 67.8 Å². The average Bonchev–Trinajstić information content (AvgIpc) is 3.17. The van der Waals surface area contributed by atoms with Crippen LogP contribution in [-0.2, 0) is 4.79 Å². The second-order valence-electron chi connectivity index (χ2n) is 7.08. The highest BCUT2D eigenvalue weighted by atomic mass is 35.5. The maximum Gasteiger partial charge on any atom is 0.267 e. The molecule has 0 aliphatic heterocycles. The molecule has 164 valence electrons. The van der Waals surface area contributed by atoms with Crippen LogP contribution >= 0.6 is 11.6 Å². The molecule has 3 aromatic rings. The van der Waals surface area contributed by atoms with Crippen molar-refractivity contribution in [3.05, 3.63) is 75.5 Å². The van der Waals surface area contributed by atoms with E-state index in [9.17, 15) is 10.1 Å². The number of ether oxygens (including phenoxy) is 2. The Balaban J connectivity index is 1.57. The topological polar surface area (TPSA) is 97.4 Å². The Morgan fingerprint density at radius 2 is 1.91 bits per heavy atom. The number of halogens is 1. The molecule has 0 saturated carbocycles. The monoisotopic (exact) mass is 451 g/mol. The van der Waals surface area contributed by atoms with Crippen LogP contribution in [0.4, 0.5) is 5.82 Å². The third-order valence-electron chi connectivity index (χ3n) is 4.59. The molecule has 32 heavy (non-hydrogen) atoms. The predicted molar refractivity (Wildman–Crippen MR) is 122 cm³/mol. The minimum Gasteiger partial charge on any atom is -0.490 e. The number of nitrogens with zero attached hydrogens (tertiary/aromatic N) is 2. The second-order valence-corrected chi connectivity index (χ2v) is 7.49. The van der Waals surface area contributed by atoms with Crippen LogP contribution in [0.3, 0.4) is 0 Å². The minimum atomic E-state index is -0.597. The van der Waals surface area contributed by atoms with Crippen molar-refractivity contribution in [3.8, 4) is 17.6 Å². The van der Waals surface area contributed by atoms with Crippen molar-refractivity contribution in [1.82, 2.24) is 5.16 Å². The summed E-state index contributed by atoms with van der Waals surface area (Å²) in [5.74, 6) is 1.45. The summed E-state index contributed by atoms with van der Waals surface area (Å²) in [5.41, 5.74) is 2.85. The van der Waals surface area contributed by atoms with E-state index in [0.717, 1.165) is 11.3 Å². The number of carbonyl (C=O) groups excluding carboxylic acids is 1. The van der Waals surface area contributed by atoms with E-state index in [1.807, 2.05) is 38.1 Å². The molecule has 1 heterocycles. The van der Waals surface area contributed by atoms with Gasteiger partial charge >= 0.3 is 0 Å². The Labute approximate surface area is 191 Å². The zero-order chi connectivity index (χ0) is 23.1. The number of nitriles is 1. The molecule has 1 amide bonds. The molecule has 8 heteroatoms. The number of hydrogen-bond acceptors (Lipinski definition) is 6. The Morgan fingerprint density at radius 1 is 1.12 bits per heavy atom. The fourth-order valence-corrected chi connectivity index (χ4v) is 3.01. The van der Waals surface area contributed by atoms with Crippen molar-refractivity contribution >= 4 is 29.4 Å². The summed E-state index contributed by atoms with van der Waals surface area (Å²) in [4.78, 5) is 12.3. The SMILES string of the molecule is Cc1cc(NC(=O)C(C#N)=Cc2ccc(OCCOc3ccc(C)c(C)c3)c(Cl)c2)no1. The molecular formula is C24H22ClN3O4. The van der Waals surface area contributed by atoms with Crippen molar-refractivity contribution in [2.24, 2.45) is 0 Å².